The van der Waals surface area contributed by atoms with Crippen LogP contribution in [0.2, 0.25) is 0 Å². The SMILES string of the molecule is O=C(NC[C@H]1[C@H]2CN(C/C=C/c3ccccc3)C[C@]23CC[C@H]1O3)c1cccnc1. The molecule has 1 spiro atoms. The van der Waals surface area contributed by atoms with Gasteiger partial charge in [0.05, 0.1) is 17.3 Å². The minimum absolute atomic E-state index is 0.00501. The number of ether oxygens (including phenoxy) is 1. The molecule has 0 saturated carbocycles. The van der Waals surface area contributed by atoms with Gasteiger partial charge in [-0.25, -0.2) is 0 Å². The lowest BCUT2D eigenvalue weighted by Crippen LogP contribution is -2.41. The van der Waals surface area contributed by atoms with Crippen molar-refractivity contribution in [1.82, 2.24) is 15.2 Å². The highest BCUT2D eigenvalue weighted by molar-refractivity contribution is 5.93. The molecule has 4 atom stereocenters. The number of hydrogen-bond donors (Lipinski definition) is 1. The normalized spacial score (nSPS) is 30.7. The Morgan fingerprint density at radius 1 is 1.28 bits per heavy atom. The van der Waals surface area contributed by atoms with Gasteiger partial charge in [-0.2, -0.15) is 0 Å². The molecule has 150 valence electrons. The molecule has 3 aliphatic rings. The largest absolute Gasteiger partial charge is 0.370 e. The molecule has 1 aromatic heterocycles. The second-order valence-electron chi connectivity index (χ2n) is 8.49. The molecule has 3 fully saturated rings. The second kappa shape index (κ2) is 7.73. The first-order valence-corrected chi connectivity index (χ1v) is 10.5. The van der Waals surface area contributed by atoms with Crippen molar-refractivity contribution in [2.75, 3.05) is 26.2 Å². The highest BCUT2D eigenvalue weighted by atomic mass is 16.5. The van der Waals surface area contributed by atoms with E-state index < -0.39 is 0 Å². The lowest BCUT2D eigenvalue weighted by Gasteiger charge is -2.29. The van der Waals surface area contributed by atoms with Gasteiger partial charge in [0, 0.05) is 50.4 Å². The van der Waals surface area contributed by atoms with E-state index in [1.807, 2.05) is 6.07 Å². The third kappa shape index (κ3) is 3.61. The Morgan fingerprint density at radius 2 is 2.17 bits per heavy atom. The minimum Gasteiger partial charge on any atom is -0.370 e. The van der Waals surface area contributed by atoms with Crippen LogP contribution in [-0.2, 0) is 4.74 Å². The topological polar surface area (TPSA) is 54.5 Å². The summed E-state index contributed by atoms with van der Waals surface area (Å²) >= 11 is 0. The van der Waals surface area contributed by atoms with E-state index in [4.69, 9.17) is 4.74 Å². The van der Waals surface area contributed by atoms with E-state index >= 15 is 0 Å². The standard InChI is InChI=1S/C24H27N3O2/c28-23(19-9-4-12-25-14-19)26-15-20-21-16-27(17-24(21)11-10-22(20)29-24)13-5-8-18-6-2-1-3-7-18/h1-9,12,14,20-22H,10-11,13,15-17H2,(H,26,28)/b8-5+/t20-,21+,22+,24+/m0/s1. The van der Waals surface area contributed by atoms with Gasteiger partial charge in [-0.1, -0.05) is 42.5 Å². The molecule has 0 radical (unpaired) electrons. The van der Waals surface area contributed by atoms with Crippen molar-refractivity contribution in [2.45, 2.75) is 24.5 Å². The van der Waals surface area contributed by atoms with Gasteiger partial charge < -0.3 is 10.1 Å². The van der Waals surface area contributed by atoms with Crippen molar-refractivity contribution >= 4 is 12.0 Å². The van der Waals surface area contributed by atoms with Crippen LogP contribution in [0.1, 0.15) is 28.8 Å². The summed E-state index contributed by atoms with van der Waals surface area (Å²) < 4.78 is 6.50. The van der Waals surface area contributed by atoms with E-state index in [1.54, 1.807) is 24.5 Å². The molecule has 2 aromatic rings. The number of fused-ring (bicyclic) bond motifs is 1. The van der Waals surface area contributed by atoms with Crippen LogP contribution >= 0.6 is 0 Å². The molecule has 0 aliphatic carbocycles. The van der Waals surface area contributed by atoms with Crippen LogP contribution in [0.5, 0.6) is 0 Å². The van der Waals surface area contributed by atoms with E-state index in [1.165, 1.54) is 5.56 Å². The van der Waals surface area contributed by atoms with E-state index in [-0.39, 0.29) is 17.6 Å². The zero-order valence-electron chi connectivity index (χ0n) is 16.5. The molecule has 5 rings (SSSR count). The molecule has 3 aliphatic heterocycles. The van der Waals surface area contributed by atoms with Gasteiger partial charge in [0.2, 0.25) is 0 Å². The summed E-state index contributed by atoms with van der Waals surface area (Å²) in [6.07, 6.45) is 10.3. The molecule has 1 N–H and O–H groups in total. The first kappa shape index (κ1) is 18.5. The Kier molecular flexibility index (Phi) is 4.94. The third-order valence-corrected chi connectivity index (χ3v) is 6.75. The van der Waals surface area contributed by atoms with Crippen molar-refractivity contribution in [3.63, 3.8) is 0 Å². The van der Waals surface area contributed by atoms with Gasteiger partial charge in [-0.3, -0.25) is 14.7 Å². The highest BCUT2D eigenvalue weighted by Gasteiger charge is 2.62. The fourth-order valence-corrected chi connectivity index (χ4v) is 5.41. The number of amides is 1. The van der Waals surface area contributed by atoms with Gasteiger partial charge >= 0.3 is 0 Å². The summed E-state index contributed by atoms with van der Waals surface area (Å²) in [6.45, 7) is 3.66. The Hall–Kier alpha value is -2.50. The molecular weight excluding hydrogens is 362 g/mol. The van der Waals surface area contributed by atoms with Crippen molar-refractivity contribution in [3.05, 3.63) is 72.1 Å². The summed E-state index contributed by atoms with van der Waals surface area (Å²) in [5.74, 6) is 0.851. The highest BCUT2D eigenvalue weighted by Crippen LogP contribution is 2.54. The zero-order valence-corrected chi connectivity index (χ0v) is 16.5. The number of nitrogens with zero attached hydrogens (tertiary/aromatic N) is 2. The molecular formula is C24H27N3O2. The predicted molar refractivity (Wildman–Crippen MR) is 112 cm³/mol. The molecule has 1 amide bonds. The van der Waals surface area contributed by atoms with E-state index in [0.29, 0.717) is 23.9 Å². The summed E-state index contributed by atoms with van der Waals surface area (Å²) in [5, 5.41) is 3.12. The average Bonchev–Trinajstić information content (AvgIpc) is 3.42. The van der Waals surface area contributed by atoms with Crippen LogP contribution in [0.25, 0.3) is 6.08 Å². The Balaban J connectivity index is 1.20. The first-order chi connectivity index (χ1) is 14.2. The number of aromatic nitrogens is 1. The summed E-state index contributed by atoms with van der Waals surface area (Å²) in [5.41, 5.74) is 1.85. The van der Waals surface area contributed by atoms with Gasteiger partial charge in [0.1, 0.15) is 0 Å². The van der Waals surface area contributed by atoms with Gasteiger partial charge in [-0.15, -0.1) is 0 Å². The van der Waals surface area contributed by atoms with Crippen LogP contribution in [0, 0.1) is 11.8 Å². The smallest absolute Gasteiger partial charge is 0.252 e. The van der Waals surface area contributed by atoms with Crippen LogP contribution < -0.4 is 5.32 Å². The molecule has 4 heterocycles. The average molecular weight is 389 g/mol. The lowest BCUT2D eigenvalue weighted by atomic mass is 9.73. The Morgan fingerprint density at radius 3 is 3.00 bits per heavy atom. The fraction of sp³-hybridized carbons (Fsp3) is 0.417. The lowest BCUT2D eigenvalue weighted by molar-refractivity contribution is 0.00366. The van der Waals surface area contributed by atoms with Crippen LogP contribution in [0.4, 0.5) is 0 Å². The zero-order chi connectivity index (χ0) is 19.7. The van der Waals surface area contributed by atoms with Crippen LogP contribution in [0.15, 0.2) is 60.9 Å². The van der Waals surface area contributed by atoms with Crippen molar-refractivity contribution < 1.29 is 9.53 Å². The van der Waals surface area contributed by atoms with Gasteiger partial charge in [0.25, 0.3) is 5.91 Å². The number of rotatable bonds is 6. The summed E-state index contributed by atoms with van der Waals surface area (Å²) in [7, 11) is 0. The van der Waals surface area contributed by atoms with E-state index in [9.17, 15) is 4.79 Å². The maximum absolute atomic E-state index is 12.4. The predicted octanol–water partition coefficient (Wildman–Crippen LogP) is 3.00. The fourth-order valence-electron chi connectivity index (χ4n) is 5.41. The van der Waals surface area contributed by atoms with Crippen molar-refractivity contribution in [1.29, 1.82) is 0 Å². The molecule has 5 heteroatoms. The molecule has 29 heavy (non-hydrogen) atoms. The minimum atomic E-state index is -0.0458. The number of nitrogens with one attached hydrogen (secondary N) is 1. The van der Waals surface area contributed by atoms with E-state index in [2.05, 4.69) is 51.6 Å². The molecule has 1 aromatic carbocycles. The maximum Gasteiger partial charge on any atom is 0.252 e. The van der Waals surface area contributed by atoms with Crippen molar-refractivity contribution in [3.8, 4) is 0 Å². The monoisotopic (exact) mass is 389 g/mol. The molecule has 0 unspecified atom stereocenters. The Labute approximate surface area is 171 Å². The number of pyridine rings is 1. The number of hydrogen-bond acceptors (Lipinski definition) is 4. The summed E-state index contributed by atoms with van der Waals surface area (Å²) in [6, 6.07) is 14.0. The van der Waals surface area contributed by atoms with Crippen molar-refractivity contribution in [2.24, 2.45) is 11.8 Å². The quantitative estimate of drug-likeness (QED) is 0.825. The van der Waals surface area contributed by atoms with E-state index in [0.717, 1.165) is 32.5 Å². The maximum atomic E-state index is 12.4. The second-order valence-corrected chi connectivity index (χ2v) is 8.49. The number of carbonyl (C=O) groups excluding carboxylic acids is 1. The molecule has 5 nitrogen and oxygen atoms in total. The van der Waals surface area contributed by atoms with Gasteiger partial charge in [0.15, 0.2) is 0 Å². The number of likely N-dealkylation sites (tertiary alicyclic amines) is 1. The van der Waals surface area contributed by atoms with Crippen LogP contribution in [0.3, 0.4) is 0 Å². The molecule has 2 bridgehead atoms. The Bertz CT molecular complexity index is 886. The number of benzene rings is 1. The summed E-state index contributed by atoms with van der Waals surface area (Å²) in [4.78, 5) is 19.0. The van der Waals surface area contributed by atoms with Crippen LogP contribution in [-0.4, -0.2) is 53.7 Å². The first-order valence-electron chi connectivity index (χ1n) is 10.5. The molecule has 3 saturated heterocycles. The van der Waals surface area contributed by atoms with Gasteiger partial charge in [-0.05, 0) is 30.5 Å². The third-order valence-electron chi connectivity index (χ3n) is 6.75. The number of carbonyl (C=O) groups is 1.